The van der Waals surface area contributed by atoms with E-state index in [-0.39, 0.29) is 24.0 Å². The van der Waals surface area contributed by atoms with Crippen LogP contribution < -0.4 is 36.1 Å². The summed E-state index contributed by atoms with van der Waals surface area (Å²) in [7, 11) is 2.62. The van der Waals surface area contributed by atoms with Gasteiger partial charge in [-0.1, -0.05) is 41.9 Å². The zero-order chi connectivity index (χ0) is 39.6. The number of para-hydroxylation sites is 1. The van der Waals surface area contributed by atoms with Crippen LogP contribution in [0.3, 0.4) is 0 Å². The van der Waals surface area contributed by atoms with E-state index in [1.165, 1.54) is 31.4 Å². The number of methoxy groups -OCH3 is 2. The maximum absolute atomic E-state index is 13.1. The van der Waals surface area contributed by atoms with Gasteiger partial charge >= 0.3 is 30.0 Å². The van der Waals surface area contributed by atoms with Crippen LogP contribution in [-0.2, 0) is 31.1 Å². The number of alkyl halides is 3. The van der Waals surface area contributed by atoms with Gasteiger partial charge in [0.2, 0.25) is 11.9 Å². The number of anilines is 3. The van der Waals surface area contributed by atoms with Crippen LogP contribution in [0.5, 0.6) is 11.8 Å². The minimum Gasteiger partial charge on any atom is -0.496 e. The second-order valence-corrected chi connectivity index (χ2v) is 12.6. The van der Waals surface area contributed by atoms with Crippen molar-refractivity contribution >= 4 is 52.9 Å². The van der Waals surface area contributed by atoms with E-state index in [9.17, 15) is 32.3 Å². The highest BCUT2D eigenvalue weighted by Gasteiger charge is 2.45. The average molecular weight is 785 g/mol. The number of benzene rings is 3. The summed E-state index contributed by atoms with van der Waals surface area (Å²) in [5.41, 5.74) is 1.58. The molecule has 55 heavy (non-hydrogen) atoms. The molecule has 0 unspecified atom stereocenters. The monoisotopic (exact) mass is 784 g/mol. The molecule has 3 aromatic carbocycles. The molecule has 1 aliphatic rings. The van der Waals surface area contributed by atoms with Crippen LogP contribution in [0.25, 0.3) is 0 Å². The van der Waals surface area contributed by atoms with E-state index in [2.05, 4.69) is 41.5 Å². The largest absolute Gasteiger partial charge is 0.496 e. The van der Waals surface area contributed by atoms with Crippen molar-refractivity contribution in [3.63, 3.8) is 0 Å². The minimum absolute atomic E-state index is 0.0376. The van der Waals surface area contributed by atoms with Crippen LogP contribution in [0, 0.1) is 0 Å². The van der Waals surface area contributed by atoms with Crippen LogP contribution in [-0.4, -0.2) is 84.8 Å². The molecular weight excluding hydrogens is 749 g/mol. The third-order valence-corrected chi connectivity index (χ3v) is 8.47. The molecule has 3 amide bonds. The van der Waals surface area contributed by atoms with Gasteiger partial charge < -0.3 is 40.8 Å². The number of nitrogens with one attached hydrogen (secondary N) is 5. The van der Waals surface area contributed by atoms with Gasteiger partial charge in [-0.15, -0.1) is 0 Å². The Balaban J connectivity index is 1.19. The lowest BCUT2D eigenvalue weighted by molar-refractivity contribution is -0.154. The lowest BCUT2D eigenvalue weighted by Crippen LogP contribution is -2.51. The molecule has 15 nitrogen and oxygen atoms in total. The summed E-state index contributed by atoms with van der Waals surface area (Å²) < 4.78 is 53.7. The van der Waals surface area contributed by atoms with E-state index in [0.29, 0.717) is 35.7 Å². The lowest BCUT2D eigenvalue weighted by atomic mass is 10.1. The Labute approximate surface area is 317 Å². The number of hydrogen-bond donors (Lipinski definition) is 5. The Hall–Kier alpha value is -6.17. The highest BCUT2D eigenvalue weighted by Crippen LogP contribution is 2.48. The molecule has 19 heteroatoms. The first-order chi connectivity index (χ1) is 26.3. The number of aromatic nitrogens is 3. The normalized spacial score (nSPS) is 13.4. The molecule has 5 rings (SSSR count). The van der Waals surface area contributed by atoms with Crippen molar-refractivity contribution in [1.82, 2.24) is 30.9 Å². The van der Waals surface area contributed by atoms with Crippen molar-refractivity contribution in [2.45, 2.75) is 37.0 Å². The van der Waals surface area contributed by atoms with Gasteiger partial charge in [0, 0.05) is 29.4 Å². The molecule has 1 heterocycles. The molecule has 1 atom stereocenters. The molecule has 1 aliphatic carbocycles. The van der Waals surface area contributed by atoms with Crippen molar-refractivity contribution in [2.24, 2.45) is 0 Å². The summed E-state index contributed by atoms with van der Waals surface area (Å²) in [5, 5.41) is 13.8. The number of esters is 1. The Kier molecular flexibility index (Phi) is 12.9. The smallest absolute Gasteiger partial charge is 0.422 e. The lowest BCUT2D eigenvalue weighted by Gasteiger charge is -2.19. The molecule has 1 saturated carbocycles. The summed E-state index contributed by atoms with van der Waals surface area (Å²) >= 11 is 6.03. The number of halogens is 4. The van der Waals surface area contributed by atoms with Crippen molar-refractivity contribution in [3.8, 4) is 11.8 Å². The standard InChI is InChI=1S/C36H36ClF3N8O7/c1-53-27-6-4-3-5-21(27)15-18-41-29(50)30(51)42-19-26(31(52)54-2)44-28(49)22-7-13-25(14-8-22)43-32-45-33(47-34(46-32)55-20-36(38,39)40)48-35(16-17-35)23-9-11-24(37)12-10-23/h3-14,26H,15-20H2,1-2H3,(H,41,50)(H,42,51)(H,44,49)(H2,43,45,46,47,48)/t26-/m0/s1. The third kappa shape index (κ3) is 11.4. The highest BCUT2D eigenvalue weighted by molar-refractivity contribution is 6.35. The van der Waals surface area contributed by atoms with Crippen LogP contribution in [0.2, 0.25) is 5.02 Å². The van der Waals surface area contributed by atoms with Gasteiger partial charge in [-0.3, -0.25) is 14.4 Å². The first-order valence-electron chi connectivity index (χ1n) is 16.7. The Morgan fingerprint density at radius 2 is 1.55 bits per heavy atom. The van der Waals surface area contributed by atoms with Crippen LogP contribution in [0.4, 0.5) is 30.8 Å². The maximum Gasteiger partial charge on any atom is 0.422 e. The topological polar surface area (TPSA) is 195 Å². The fraction of sp³-hybridized carbons (Fsp3) is 0.306. The number of hydrogen-bond acceptors (Lipinski definition) is 12. The number of carbonyl (C=O) groups excluding carboxylic acids is 4. The number of amides is 3. The summed E-state index contributed by atoms with van der Waals surface area (Å²) in [6, 6.07) is 18.1. The summed E-state index contributed by atoms with van der Waals surface area (Å²) in [5.74, 6) is -3.12. The second-order valence-electron chi connectivity index (χ2n) is 12.2. The van der Waals surface area contributed by atoms with Crippen LogP contribution in [0.1, 0.15) is 34.3 Å². The minimum atomic E-state index is -4.64. The van der Waals surface area contributed by atoms with Gasteiger partial charge in [-0.25, -0.2) is 4.79 Å². The molecule has 0 bridgehead atoms. The molecule has 5 N–H and O–H groups in total. The quantitative estimate of drug-likeness (QED) is 0.0809. The SMILES string of the molecule is COC(=O)[C@H](CNC(=O)C(=O)NCCc1ccccc1OC)NC(=O)c1ccc(Nc2nc(NC3(c4ccc(Cl)cc4)CC3)nc(OCC(F)(F)F)n2)cc1. The zero-order valence-electron chi connectivity index (χ0n) is 29.5. The molecule has 4 aromatic rings. The second kappa shape index (κ2) is 17.8. The Bertz CT molecular complexity index is 2000. The van der Waals surface area contributed by atoms with Gasteiger partial charge in [0.25, 0.3) is 5.91 Å². The number of carbonyl (C=O) groups is 4. The third-order valence-electron chi connectivity index (χ3n) is 8.22. The predicted octanol–water partition coefficient (Wildman–Crippen LogP) is 4.07. The molecule has 0 aliphatic heterocycles. The molecule has 0 radical (unpaired) electrons. The van der Waals surface area contributed by atoms with Gasteiger partial charge in [-0.2, -0.15) is 28.1 Å². The summed E-state index contributed by atoms with van der Waals surface area (Å²) in [6.07, 6.45) is -2.84. The van der Waals surface area contributed by atoms with Crippen molar-refractivity contribution in [3.05, 3.63) is 94.5 Å². The molecule has 0 saturated heterocycles. The number of ether oxygens (including phenoxy) is 3. The summed E-state index contributed by atoms with van der Waals surface area (Å²) in [6.45, 7) is -1.95. The summed E-state index contributed by atoms with van der Waals surface area (Å²) in [4.78, 5) is 62.6. The number of nitrogens with zero attached hydrogens (tertiary/aromatic N) is 3. The van der Waals surface area contributed by atoms with Crippen molar-refractivity contribution < 1.29 is 46.6 Å². The van der Waals surface area contributed by atoms with Crippen molar-refractivity contribution in [1.29, 1.82) is 0 Å². The van der Waals surface area contributed by atoms with E-state index in [0.717, 1.165) is 18.2 Å². The highest BCUT2D eigenvalue weighted by atomic mass is 35.5. The molecule has 1 aromatic heterocycles. The zero-order valence-corrected chi connectivity index (χ0v) is 30.2. The first kappa shape index (κ1) is 40.0. The van der Waals surface area contributed by atoms with E-state index >= 15 is 0 Å². The maximum atomic E-state index is 13.1. The fourth-order valence-corrected chi connectivity index (χ4v) is 5.39. The van der Waals surface area contributed by atoms with Gasteiger partial charge in [0.05, 0.1) is 19.8 Å². The van der Waals surface area contributed by atoms with Gasteiger partial charge in [-0.05, 0) is 72.9 Å². The molecule has 0 spiro atoms. The molecule has 290 valence electrons. The Morgan fingerprint density at radius 1 is 0.873 bits per heavy atom. The van der Waals surface area contributed by atoms with E-state index in [1.807, 2.05) is 24.3 Å². The van der Waals surface area contributed by atoms with Gasteiger partial charge in [0.15, 0.2) is 6.61 Å². The molecular formula is C36H36ClF3N8O7. The van der Waals surface area contributed by atoms with E-state index in [1.54, 1.807) is 24.3 Å². The Morgan fingerprint density at radius 3 is 2.20 bits per heavy atom. The van der Waals surface area contributed by atoms with E-state index < -0.39 is 60.6 Å². The fourth-order valence-electron chi connectivity index (χ4n) is 5.26. The van der Waals surface area contributed by atoms with Crippen LogP contribution in [0.15, 0.2) is 72.8 Å². The first-order valence-corrected chi connectivity index (χ1v) is 17.1. The van der Waals surface area contributed by atoms with E-state index in [4.69, 9.17) is 25.8 Å². The molecule has 1 fully saturated rings. The average Bonchev–Trinajstić information content (AvgIpc) is 3.95. The van der Waals surface area contributed by atoms with Crippen LogP contribution >= 0.6 is 11.6 Å². The predicted molar refractivity (Wildman–Crippen MR) is 193 cm³/mol. The number of rotatable bonds is 16. The van der Waals surface area contributed by atoms with Gasteiger partial charge in [0.1, 0.15) is 11.8 Å². The van der Waals surface area contributed by atoms with Crippen molar-refractivity contribution in [2.75, 3.05) is 44.5 Å².